The Bertz CT molecular complexity index is 328. The molecular formula is C10H9Br2N. The highest BCUT2D eigenvalue weighted by atomic mass is 79.9. The van der Waals surface area contributed by atoms with Crippen molar-refractivity contribution in [1.29, 1.82) is 5.26 Å². The summed E-state index contributed by atoms with van der Waals surface area (Å²) in [7, 11) is 0. The topological polar surface area (TPSA) is 23.8 Å². The summed E-state index contributed by atoms with van der Waals surface area (Å²) < 4.78 is 1.13. The number of nitriles is 1. The highest BCUT2D eigenvalue weighted by Gasteiger charge is 2.03. The first-order valence-electron chi connectivity index (χ1n) is 3.98. The molecule has 0 fully saturated rings. The van der Waals surface area contributed by atoms with Gasteiger partial charge >= 0.3 is 0 Å². The SMILES string of the molecule is N#CCCc1cccc(CBr)c1Br. The van der Waals surface area contributed by atoms with Gasteiger partial charge in [-0.25, -0.2) is 0 Å². The Kier molecular flexibility index (Phi) is 4.47. The highest BCUT2D eigenvalue weighted by molar-refractivity contribution is 9.10. The van der Waals surface area contributed by atoms with Crippen molar-refractivity contribution in [2.24, 2.45) is 0 Å². The summed E-state index contributed by atoms with van der Waals surface area (Å²) in [6.45, 7) is 0. The molecule has 1 rings (SSSR count). The molecule has 0 radical (unpaired) electrons. The van der Waals surface area contributed by atoms with E-state index < -0.39 is 0 Å². The van der Waals surface area contributed by atoms with Crippen molar-refractivity contribution in [1.82, 2.24) is 0 Å². The third kappa shape index (κ3) is 2.82. The predicted octanol–water partition coefficient (Wildman–Crippen LogP) is 3.80. The first kappa shape index (κ1) is 10.7. The van der Waals surface area contributed by atoms with Crippen LogP contribution < -0.4 is 0 Å². The van der Waals surface area contributed by atoms with Gasteiger partial charge in [0.05, 0.1) is 6.07 Å². The van der Waals surface area contributed by atoms with Crippen LogP contribution in [0, 0.1) is 11.3 Å². The summed E-state index contributed by atoms with van der Waals surface area (Å²) in [6.07, 6.45) is 1.39. The smallest absolute Gasteiger partial charge is 0.0625 e. The van der Waals surface area contributed by atoms with Gasteiger partial charge in [-0.3, -0.25) is 0 Å². The Morgan fingerprint density at radius 2 is 2.00 bits per heavy atom. The maximum Gasteiger partial charge on any atom is 0.0625 e. The Morgan fingerprint density at radius 1 is 1.31 bits per heavy atom. The van der Waals surface area contributed by atoms with Gasteiger partial charge in [-0.2, -0.15) is 5.26 Å². The quantitative estimate of drug-likeness (QED) is 0.779. The van der Waals surface area contributed by atoms with Crippen LogP contribution in [0.2, 0.25) is 0 Å². The molecule has 0 N–H and O–H groups in total. The van der Waals surface area contributed by atoms with Gasteiger partial charge in [-0.15, -0.1) is 0 Å². The molecule has 1 aromatic carbocycles. The van der Waals surface area contributed by atoms with Crippen molar-refractivity contribution in [2.75, 3.05) is 0 Å². The molecule has 0 saturated heterocycles. The molecule has 0 saturated carbocycles. The zero-order valence-electron chi connectivity index (χ0n) is 7.06. The van der Waals surface area contributed by atoms with Gasteiger partial charge in [0.1, 0.15) is 0 Å². The fourth-order valence-electron chi connectivity index (χ4n) is 1.12. The van der Waals surface area contributed by atoms with E-state index in [4.69, 9.17) is 5.26 Å². The van der Waals surface area contributed by atoms with Crippen LogP contribution in [-0.4, -0.2) is 0 Å². The van der Waals surface area contributed by atoms with E-state index in [9.17, 15) is 0 Å². The van der Waals surface area contributed by atoms with Gasteiger partial charge in [0, 0.05) is 16.2 Å². The lowest BCUT2D eigenvalue weighted by Gasteiger charge is -2.05. The number of hydrogen-bond donors (Lipinski definition) is 0. The summed E-state index contributed by atoms with van der Waals surface area (Å²) in [4.78, 5) is 0. The van der Waals surface area contributed by atoms with Crippen molar-refractivity contribution in [2.45, 2.75) is 18.2 Å². The molecule has 0 atom stereocenters. The van der Waals surface area contributed by atoms with E-state index in [1.165, 1.54) is 11.1 Å². The zero-order chi connectivity index (χ0) is 9.68. The molecule has 0 bridgehead atoms. The van der Waals surface area contributed by atoms with Crippen molar-refractivity contribution < 1.29 is 0 Å². The molecular weight excluding hydrogens is 294 g/mol. The molecule has 0 aliphatic rings. The largest absolute Gasteiger partial charge is 0.198 e. The lowest BCUT2D eigenvalue weighted by atomic mass is 10.1. The molecule has 68 valence electrons. The van der Waals surface area contributed by atoms with Crippen molar-refractivity contribution in [3.8, 4) is 6.07 Å². The average Bonchev–Trinajstić information content (AvgIpc) is 2.16. The Labute approximate surface area is 95.0 Å². The van der Waals surface area contributed by atoms with Crippen LogP contribution in [0.15, 0.2) is 22.7 Å². The number of halogens is 2. The van der Waals surface area contributed by atoms with Gasteiger partial charge in [0.25, 0.3) is 0 Å². The van der Waals surface area contributed by atoms with Crippen molar-refractivity contribution in [3.05, 3.63) is 33.8 Å². The second-order valence-corrected chi connectivity index (χ2v) is 4.04. The van der Waals surface area contributed by atoms with Gasteiger partial charge in [0.2, 0.25) is 0 Å². The minimum absolute atomic E-state index is 0.574. The second kappa shape index (κ2) is 5.41. The lowest BCUT2D eigenvalue weighted by molar-refractivity contribution is 0.999. The number of benzene rings is 1. The van der Waals surface area contributed by atoms with Gasteiger partial charge in [0.15, 0.2) is 0 Å². The molecule has 0 spiro atoms. The molecule has 1 nitrogen and oxygen atoms in total. The van der Waals surface area contributed by atoms with E-state index in [1.807, 2.05) is 12.1 Å². The molecule has 0 unspecified atom stereocenters. The minimum Gasteiger partial charge on any atom is -0.198 e. The minimum atomic E-state index is 0.574. The first-order chi connectivity index (χ1) is 6.29. The summed E-state index contributed by atoms with van der Waals surface area (Å²) in [6, 6.07) is 8.28. The first-order valence-corrected chi connectivity index (χ1v) is 5.90. The molecule has 1 aromatic rings. The summed E-state index contributed by atoms with van der Waals surface area (Å²) in [5.74, 6) is 0. The van der Waals surface area contributed by atoms with Crippen molar-refractivity contribution >= 4 is 31.9 Å². The fourth-order valence-corrected chi connectivity index (χ4v) is 2.57. The zero-order valence-corrected chi connectivity index (χ0v) is 10.2. The molecule has 0 heterocycles. The van der Waals surface area contributed by atoms with Crippen LogP contribution in [0.4, 0.5) is 0 Å². The second-order valence-electron chi connectivity index (χ2n) is 2.68. The number of nitrogens with zero attached hydrogens (tertiary/aromatic N) is 1. The number of rotatable bonds is 3. The third-order valence-corrected chi connectivity index (χ3v) is 3.43. The van der Waals surface area contributed by atoms with E-state index in [-0.39, 0.29) is 0 Å². The standard InChI is InChI=1S/C10H9Br2N/c11-7-9-4-1-3-8(10(9)12)5-2-6-13/h1,3-4H,2,5,7H2. The molecule has 13 heavy (non-hydrogen) atoms. The average molecular weight is 303 g/mol. The third-order valence-electron chi connectivity index (χ3n) is 1.81. The van der Waals surface area contributed by atoms with Crippen molar-refractivity contribution in [3.63, 3.8) is 0 Å². The molecule has 0 aliphatic heterocycles. The van der Waals surface area contributed by atoms with Crippen LogP contribution in [-0.2, 0) is 11.8 Å². The predicted molar refractivity (Wildman–Crippen MR) is 60.7 cm³/mol. The van der Waals surface area contributed by atoms with E-state index in [1.54, 1.807) is 0 Å². The summed E-state index contributed by atoms with van der Waals surface area (Å²) in [5, 5.41) is 9.31. The monoisotopic (exact) mass is 301 g/mol. The molecule has 0 aliphatic carbocycles. The Balaban J connectivity index is 2.89. The van der Waals surface area contributed by atoms with Gasteiger partial charge in [-0.05, 0) is 17.5 Å². The van der Waals surface area contributed by atoms with E-state index in [0.717, 1.165) is 16.2 Å². The maximum absolute atomic E-state index is 8.47. The number of hydrogen-bond acceptors (Lipinski definition) is 1. The van der Waals surface area contributed by atoms with Crippen LogP contribution >= 0.6 is 31.9 Å². The number of alkyl halides is 1. The highest BCUT2D eigenvalue weighted by Crippen LogP contribution is 2.24. The van der Waals surface area contributed by atoms with Gasteiger partial charge < -0.3 is 0 Å². The molecule has 0 aromatic heterocycles. The van der Waals surface area contributed by atoms with Crippen LogP contribution in [0.3, 0.4) is 0 Å². The Morgan fingerprint density at radius 3 is 2.62 bits per heavy atom. The van der Waals surface area contributed by atoms with Crippen LogP contribution in [0.1, 0.15) is 17.5 Å². The molecule has 0 amide bonds. The molecule has 3 heteroatoms. The maximum atomic E-state index is 8.47. The van der Waals surface area contributed by atoms with E-state index >= 15 is 0 Å². The van der Waals surface area contributed by atoms with E-state index in [2.05, 4.69) is 44.0 Å². The fraction of sp³-hybridized carbons (Fsp3) is 0.300. The van der Waals surface area contributed by atoms with Crippen LogP contribution in [0.25, 0.3) is 0 Å². The van der Waals surface area contributed by atoms with Crippen LogP contribution in [0.5, 0.6) is 0 Å². The Hall–Kier alpha value is -0.330. The number of aryl methyl sites for hydroxylation is 1. The lowest BCUT2D eigenvalue weighted by Crippen LogP contribution is -1.89. The summed E-state index contributed by atoms with van der Waals surface area (Å²) in [5.41, 5.74) is 2.44. The summed E-state index contributed by atoms with van der Waals surface area (Å²) >= 11 is 6.95. The normalized spacial score (nSPS) is 9.62. The van der Waals surface area contributed by atoms with Gasteiger partial charge in [-0.1, -0.05) is 50.1 Å². The van der Waals surface area contributed by atoms with E-state index in [0.29, 0.717) is 6.42 Å².